The van der Waals surface area contributed by atoms with Crippen LogP contribution >= 0.6 is 23.4 Å². The minimum atomic E-state index is -0.125. The van der Waals surface area contributed by atoms with Crippen molar-refractivity contribution in [2.24, 2.45) is 5.92 Å². The van der Waals surface area contributed by atoms with E-state index in [1.54, 1.807) is 11.8 Å². The molecule has 21 heavy (non-hydrogen) atoms. The summed E-state index contributed by atoms with van der Waals surface area (Å²) in [6.07, 6.45) is 3.88. The molecule has 2 rings (SSSR count). The van der Waals surface area contributed by atoms with Crippen LogP contribution in [0.2, 0.25) is 5.02 Å². The molecule has 5 heteroatoms. The summed E-state index contributed by atoms with van der Waals surface area (Å²) in [7, 11) is 1.46. The van der Waals surface area contributed by atoms with Gasteiger partial charge >= 0.3 is 5.97 Å². The predicted octanol–water partition coefficient (Wildman–Crippen LogP) is 4.04. The summed E-state index contributed by atoms with van der Waals surface area (Å²) in [5.74, 6) is -0.226. The number of anilines is 1. The number of thioether (sulfide) groups is 1. The lowest BCUT2D eigenvalue weighted by Crippen LogP contribution is -2.47. The van der Waals surface area contributed by atoms with Crippen molar-refractivity contribution in [2.45, 2.75) is 32.1 Å². The van der Waals surface area contributed by atoms with E-state index in [0.29, 0.717) is 0 Å². The number of ether oxygens (including phenoxy) is 1. The SMILES string of the molecule is COC(=O)C1CCCN(c2c(C)cc(C)cc2Cl)C1SC. The fourth-order valence-corrected chi connectivity index (χ4v) is 4.63. The van der Waals surface area contributed by atoms with Crippen LogP contribution in [0.3, 0.4) is 0 Å². The second kappa shape index (κ2) is 6.93. The summed E-state index contributed by atoms with van der Waals surface area (Å²) < 4.78 is 4.97. The summed E-state index contributed by atoms with van der Waals surface area (Å²) in [6, 6.07) is 4.13. The highest BCUT2D eigenvalue weighted by atomic mass is 35.5. The van der Waals surface area contributed by atoms with Gasteiger partial charge in [0.15, 0.2) is 0 Å². The van der Waals surface area contributed by atoms with E-state index >= 15 is 0 Å². The van der Waals surface area contributed by atoms with Crippen molar-refractivity contribution in [1.29, 1.82) is 0 Å². The Kier molecular flexibility index (Phi) is 5.44. The van der Waals surface area contributed by atoms with E-state index in [1.165, 1.54) is 7.11 Å². The maximum absolute atomic E-state index is 12.0. The molecule has 1 aliphatic heterocycles. The lowest BCUT2D eigenvalue weighted by Gasteiger charge is -2.41. The molecular weight excluding hydrogens is 306 g/mol. The van der Waals surface area contributed by atoms with E-state index in [0.717, 1.165) is 41.2 Å². The largest absolute Gasteiger partial charge is 0.469 e. The third-order valence-corrected chi connectivity index (χ3v) is 5.35. The Bertz CT molecular complexity index is 512. The van der Waals surface area contributed by atoms with Gasteiger partial charge < -0.3 is 9.64 Å². The molecule has 1 aromatic carbocycles. The first-order valence-corrected chi connectivity index (χ1v) is 8.80. The number of aryl methyl sites for hydroxylation is 2. The van der Waals surface area contributed by atoms with Gasteiger partial charge in [0.1, 0.15) is 0 Å². The second-order valence-corrected chi connectivity index (χ2v) is 6.87. The molecule has 0 bridgehead atoms. The van der Waals surface area contributed by atoms with Gasteiger partial charge in [-0.15, -0.1) is 11.8 Å². The van der Waals surface area contributed by atoms with Crippen molar-refractivity contribution in [1.82, 2.24) is 0 Å². The van der Waals surface area contributed by atoms with Crippen LogP contribution in [0.25, 0.3) is 0 Å². The Hall–Kier alpha value is -0.870. The molecule has 1 aliphatic rings. The number of rotatable bonds is 3. The summed E-state index contributed by atoms with van der Waals surface area (Å²) in [5, 5.41) is 0.835. The molecule has 0 aromatic heterocycles. The van der Waals surface area contributed by atoms with Crippen molar-refractivity contribution in [2.75, 3.05) is 24.8 Å². The fourth-order valence-electron chi connectivity index (χ4n) is 3.16. The van der Waals surface area contributed by atoms with Crippen molar-refractivity contribution in [3.63, 3.8) is 0 Å². The van der Waals surface area contributed by atoms with Crippen LogP contribution in [0.5, 0.6) is 0 Å². The molecule has 1 heterocycles. The number of methoxy groups -OCH3 is 1. The first-order chi connectivity index (χ1) is 9.99. The molecule has 2 unspecified atom stereocenters. The summed E-state index contributed by atoms with van der Waals surface area (Å²) in [4.78, 5) is 14.3. The van der Waals surface area contributed by atoms with Gasteiger partial charge in [-0.3, -0.25) is 4.79 Å². The molecule has 0 aliphatic carbocycles. The Morgan fingerprint density at radius 2 is 2.14 bits per heavy atom. The van der Waals surface area contributed by atoms with Gasteiger partial charge in [-0.1, -0.05) is 17.7 Å². The topological polar surface area (TPSA) is 29.5 Å². The van der Waals surface area contributed by atoms with Crippen LogP contribution in [0, 0.1) is 19.8 Å². The van der Waals surface area contributed by atoms with E-state index in [9.17, 15) is 4.79 Å². The summed E-state index contributed by atoms with van der Waals surface area (Å²) in [5.41, 5.74) is 3.36. The molecular formula is C16H22ClNO2S. The molecule has 3 nitrogen and oxygen atoms in total. The normalized spacial score (nSPS) is 22.2. The average Bonchev–Trinajstić information content (AvgIpc) is 2.45. The average molecular weight is 328 g/mol. The first kappa shape index (κ1) is 16.5. The van der Waals surface area contributed by atoms with E-state index < -0.39 is 0 Å². The Labute approximate surface area is 136 Å². The highest BCUT2D eigenvalue weighted by molar-refractivity contribution is 7.99. The number of benzene rings is 1. The second-order valence-electron chi connectivity index (χ2n) is 5.50. The van der Waals surface area contributed by atoms with E-state index in [4.69, 9.17) is 16.3 Å². The molecule has 0 spiro atoms. The van der Waals surface area contributed by atoms with Gasteiger partial charge in [-0.05, 0) is 50.1 Å². The van der Waals surface area contributed by atoms with Gasteiger partial charge in [-0.25, -0.2) is 0 Å². The smallest absolute Gasteiger partial charge is 0.311 e. The van der Waals surface area contributed by atoms with Crippen LogP contribution in [-0.2, 0) is 9.53 Å². The van der Waals surface area contributed by atoms with Crippen molar-refractivity contribution < 1.29 is 9.53 Å². The highest BCUT2D eigenvalue weighted by Gasteiger charge is 2.37. The predicted molar refractivity (Wildman–Crippen MR) is 90.3 cm³/mol. The lowest BCUT2D eigenvalue weighted by molar-refractivity contribution is -0.146. The zero-order chi connectivity index (χ0) is 15.6. The molecule has 0 radical (unpaired) electrons. The number of carbonyl (C=O) groups excluding carboxylic acids is 1. The lowest BCUT2D eigenvalue weighted by atomic mass is 9.96. The van der Waals surface area contributed by atoms with E-state index in [-0.39, 0.29) is 17.3 Å². The zero-order valence-electron chi connectivity index (χ0n) is 13.0. The number of hydrogen-bond donors (Lipinski definition) is 0. The number of hydrogen-bond acceptors (Lipinski definition) is 4. The monoisotopic (exact) mass is 327 g/mol. The maximum Gasteiger partial charge on any atom is 0.311 e. The van der Waals surface area contributed by atoms with Gasteiger partial charge in [0, 0.05) is 6.54 Å². The molecule has 116 valence electrons. The van der Waals surface area contributed by atoms with Gasteiger partial charge in [-0.2, -0.15) is 0 Å². The van der Waals surface area contributed by atoms with Crippen LogP contribution in [0.1, 0.15) is 24.0 Å². The molecule has 1 aromatic rings. The first-order valence-electron chi connectivity index (χ1n) is 7.13. The van der Waals surface area contributed by atoms with Crippen LogP contribution in [-0.4, -0.2) is 31.3 Å². The molecule has 0 N–H and O–H groups in total. The quantitative estimate of drug-likeness (QED) is 0.784. The third-order valence-electron chi connectivity index (χ3n) is 4.00. The van der Waals surface area contributed by atoms with Crippen LogP contribution < -0.4 is 4.90 Å². The van der Waals surface area contributed by atoms with Crippen molar-refractivity contribution in [3.05, 3.63) is 28.3 Å². The molecule has 2 atom stereocenters. The minimum absolute atomic E-state index is 0.0742. The standard InChI is InChI=1S/C16H22ClNO2S/c1-10-8-11(2)14(13(17)9-10)18-7-5-6-12(15(18)21-4)16(19)20-3/h8-9,12,15H,5-7H2,1-4H3. The van der Waals surface area contributed by atoms with Crippen LogP contribution in [0.15, 0.2) is 12.1 Å². The van der Waals surface area contributed by atoms with Crippen molar-refractivity contribution >= 4 is 35.0 Å². The minimum Gasteiger partial charge on any atom is -0.469 e. The summed E-state index contributed by atoms with van der Waals surface area (Å²) >= 11 is 8.17. The molecule has 0 saturated carbocycles. The number of carbonyl (C=O) groups is 1. The van der Waals surface area contributed by atoms with E-state index in [2.05, 4.69) is 17.9 Å². The maximum atomic E-state index is 12.0. The van der Waals surface area contributed by atoms with Gasteiger partial charge in [0.05, 0.1) is 29.1 Å². The Morgan fingerprint density at radius 3 is 2.71 bits per heavy atom. The number of esters is 1. The highest BCUT2D eigenvalue weighted by Crippen LogP contribution is 2.40. The molecule has 0 amide bonds. The third kappa shape index (κ3) is 3.32. The number of halogens is 1. The van der Waals surface area contributed by atoms with Crippen LogP contribution in [0.4, 0.5) is 5.69 Å². The van der Waals surface area contributed by atoms with E-state index in [1.807, 2.05) is 19.2 Å². The fraction of sp³-hybridized carbons (Fsp3) is 0.562. The number of piperidine rings is 1. The molecule has 1 saturated heterocycles. The number of nitrogens with zero attached hydrogens (tertiary/aromatic N) is 1. The van der Waals surface area contributed by atoms with Gasteiger partial charge in [0.25, 0.3) is 0 Å². The van der Waals surface area contributed by atoms with Crippen molar-refractivity contribution in [3.8, 4) is 0 Å². The Morgan fingerprint density at radius 1 is 1.43 bits per heavy atom. The van der Waals surface area contributed by atoms with Gasteiger partial charge in [0.2, 0.25) is 0 Å². The Balaban J connectivity index is 2.40. The zero-order valence-corrected chi connectivity index (χ0v) is 14.6. The summed E-state index contributed by atoms with van der Waals surface area (Å²) in [6.45, 7) is 5.04. The molecule has 1 fully saturated rings.